The Labute approximate surface area is 156 Å². The maximum atomic E-state index is 10.4. The van der Waals surface area contributed by atoms with Crippen molar-refractivity contribution in [2.45, 2.75) is 12.3 Å². The third-order valence-electron chi connectivity index (χ3n) is 4.41. The van der Waals surface area contributed by atoms with Crippen LogP contribution in [0.3, 0.4) is 0 Å². The van der Waals surface area contributed by atoms with Gasteiger partial charge in [0.2, 0.25) is 6.23 Å². The Balaban J connectivity index is 1.93. The number of nitriles is 1. The fourth-order valence-electron chi connectivity index (χ4n) is 3.24. The third-order valence-corrected chi connectivity index (χ3v) is 4.65. The summed E-state index contributed by atoms with van der Waals surface area (Å²) in [4.78, 5) is 1.84. The molecule has 0 saturated heterocycles. The number of anilines is 1. The summed E-state index contributed by atoms with van der Waals surface area (Å²) in [7, 11) is 0. The van der Waals surface area contributed by atoms with Crippen LogP contribution in [0.1, 0.15) is 23.4 Å². The minimum atomic E-state index is -0.658. The quantitative estimate of drug-likeness (QED) is 0.680. The summed E-state index contributed by atoms with van der Waals surface area (Å²) in [5, 5.41) is 20.9. The highest BCUT2D eigenvalue weighted by Gasteiger charge is 2.38. The van der Waals surface area contributed by atoms with E-state index in [9.17, 15) is 10.4 Å². The van der Waals surface area contributed by atoms with Crippen LogP contribution in [0.2, 0.25) is 5.02 Å². The molecule has 128 valence electrons. The lowest BCUT2D eigenvalue weighted by atomic mass is 9.99. The van der Waals surface area contributed by atoms with Gasteiger partial charge in [-0.2, -0.15) is 5.26 Å². The van der Waals surface area contributed by atoms with E-state index in [1.54, 1.807) is 30.3 Å². The molecule has 3 aromatic rings. The Bertz CT molecular complexity index is 999. The Kier molecular flexibility index (Phi) is 4.16. The maximum absolute atomic E-state index is 10.4. The molecule has 5 heteroatoms. The monoisotopic (exact) mass is 362 g/mol. The van der Waals surface area contributed by atoms with Crippen molar-refractivity contribution in [2.24, 2.45) is 0 Å². The van der Waals surface area contributed by atoms with E-state index in [4.69, 9.17) is 16.3 Å². The number of phenols is 1. The standard InChI is InChI=1S/C21H15ClN2O2/c22-14-6-5-7-15(12-14)24-18(13-23)16-8-2-4-11-20(16)26-21(24)17-9-1-3-10-19(17)25/h1-12,18,21,25H. The number of ether oxygens (including phenoxy) is 1. The van der Waals surface area contributed by atoms with Crippen LogP contribution in [0.4, 0.5) is 5.69 Å². The number of aromatic hydroxyl groups is 1. The Hall–Kier alpha value is -3.16. The summed E-state index contributed by atoms with van der Waals surface area (Å²) in [6, 6.07) is 23.5. The molecule has 2 atom stereocenters. The average molecular weight is 363 g/mol. The first kappa shape index (κ1) is 16.3. The minimum Gasteiger partial charge on any atom is -0.507 e. The van der Waals surface area contributed by atoms with E-state index >= 15 is 0 Å². The number of halogens is 1. The fraction of sp³-hybridized carbons (Fsp3) is 0.0952. The normalized spacial score (nSPS) is 18.5. The summed E-state index contributed by atoms with van der Waals surface area (Å²) in [6.07, 6.45) is -0.658. The predicted molar refractivity (Wildman–Crippen MR) is 100 cm³/mol. The molecule has 26 heavy (non-hydrogen) atoms. The molecule has 0 amide bonds. The lowest BCUT2D eigenvalue weighted by molar-refractivity contribution is 0.168. The second-order valence-corrected chi connectivity index (χ2v) is 6.42. The van der Waals surface area contributed by atoms with Crippen LogP contribution < -0.4 is 9.64 Å². The average Bonchev–Trinajstić information content (AvgIpc) is 2.67. The SMILES string of the molecule is N#CC1c2ccccc2OC(c2ccccc2O)N1c1cccc(Cl)c1. The van der Waals surface area contributed by atoms with E-state index in [0.29, 0.717) is 16.3 Å². The summed E-state index contributed by atoms with van der Waals surface area (Å²) >= 11 is 6.18. The van der Waals surface area contributed by atoms with E-state index in [0.717, 1.165) is 11.3 Å². The number of phenolic OH excluding ortho intramolecular Hbond substituents is 1. The molecule has 1 heterocycles. The number of hydrogen-bond donors (Lipinski definition) is 1. The van der Waals surface area contributed by atoms with Gasteiger partial charge >= 0.3 is 0 Å². The molecule has 0 spiro atoms. The van der Waals surface area contributed by atoms with Crippen molar-refractivity contribution in [3.63, 3.8) is 0 Å². The van der Waals surface area contributed by atoms with Crippen LogP contribution in [0.15, 0.2) is 72.8 Å². The molecule has 1 aliphatic rings. The largest absolute Gasteiger partial charge is 0.507 e. The molecular weight excluding hydrogens is 348 g/mol. The molecule has 4 rings (SSSR count). The molecule has 0 saturated carbocycles. The molecule has 4 nitrogen and oxygen atoms in total. The Morgan fingerprint density at radius 1 is 0.962 bits per heavy atom. The van der Waals surface area contributed by atoms with Crippen molar-refractivity contribution in [3.05, 3.63) is 88.9 Å². The van der Waals surface area contributed by atoms with Crippen LogP contribution in [0.25, 0.3) is 0 Å². The lowest BCUT2D eigenvalue weighted by Crippen LogP contribution is -2.39. The Morgan fingerprint density at radius 3 is 2.42 bits per heavy atom. The van der Waals surface area contributed by atoms with Gasteiger partial charge in [-0.1, -0.05) is 48.0 Å². The van der Waals surface area contributed by atoms with E-state index in [1.807, 2.05) is 47.4 Å². The highest BCUT2D eigenvalue weighted by molar-refractivity contribution is 6.30. The van der Waals surface area contributed by atoms with Crippen LogP contribution >= 0.6 is 11.6 Å². The molecule has 3 aromatic carbocycles. The molecule has 0 aromatic heterocycles. The van der Waals surface area contributed by atoms with Gasteiger partial charge in [-0.3, -0.25) is 0 Å². The third kappa shape index (κ3) is 2.73. The minimum absolute atomic E-state index is 0.112. The van der Waals surface area contributed by atoms with Crippen LogP contribution in [0.5, 0.6) is 11.5 Å². The van der Waals surface area contributed by atoms with Gasteiger partial charge in [-0.25, -0.2) is 0 Å². The van der Waals surface area contributed by atoms with Gasteiger partial charge < -0.3 is 14.7 Å². The zero-order chi connectivity index (χ0) is 18.1. The van der Waals surface area contributed by atoms with Crippen LogP contribution in [-0.2, 0) is 0 Å². The molecular formula is C21H15ClN2O2. The summed E-state index contributed by atoms with van der Waals surface area (Å²) < 4.78 is 6.21. The van der Waals surface area contributed by atoms with Crippen molar-refractivity contribution in [2.75, 3.05) is 4.90 Å². The van der Waals surface area contributed by atoms with Gasteiger partial charge in [0.25, 0.3) is 0 Å². The topological polar surface area (TPSA) is 56.5 Å². The molecule has 1 aliphatic heterocycles. The number of benzene rings is 3. The second-order valence-electron chi connectivity index (χ2n) is 5.99. The number of para-hydroxylation sites is 2. The van der Waals surface area contributed by atoms with Gasteiger partial charge in [-0.15, -0.1) is 0 Å². The zero-order valence-corrected chi connectivity index (χ0v) is 14.5. The highest BCUT2D eigenvalue weighted by Crippen LogP contribution is 2.46. The number of nitrogens with zero attached hydrogens (tertiary/aromatic N) is 2. The first-order valence-corrected chi connectivity index (χ1v) is 8.54. The zero-order valence-electron chi connectivity index (χ0n) is 13.7. The van der Waals surface area contributed by atoms with Gasteiger partial charge in [0.1, 0.15) is 17.5 Å². The van der Waals surface area contributed by atoms with Crippen molar-refractivity contribution in [1.29, 1.82) is 5.26 Å². The van der Waals surface area contributed by atoms with Crippen LogP contribution in [-0.4, -0.2) is 5.11 Å². The van der Waals surface area contributed by atoms with Gasteiger partial charge in [0, 0.05) is 16.3 Å². The van der Waals surface area contributed by atoms with Crippen molar-refractivity contribution >= 4 is 17.3 Å². The number of rotatable bonds is 2. The van der Waals surface area contributed by atoms with Gasteiger partial charge in [0.15, 0.2) is 0 Å². The first-order chi connectivity index (χ1) is 12.7. The smallest absolute Gasteiger partial charge is 0.203 e. The number of fused-ring (bicyclic) bond motifs is 1. The molecule has 0 fully saturated rings. The molecule has 0 radical (unpaired) electrons. The lowest BCUT2D eigenvalue weighted by Gasteiger charge is -2.41. The summed E-state index contributed by atoms with van der Waals surface area (Å²) in [5.74, 6) is 0.742. The maximum Gasteiger partial charge on any atom is 0.203 e. The number of hydrogen-bond acceptors (Lipinski definition) is 4. The Morgan fingerprint density at radius 2 is 1.69 bits per heavy atom. The molecule has 1 N–H and O–H groups in total. The van der Waals surface area contributed by atoms with Crippen molar-refractivity contribution < 1.29 is 9.84 Å². The summed E-state index contributed by atoms with van der Waals surface area (Å²) in [6.45, 7) is 0. The predicted octanol–water partition coefficient (Wildman–Crippen LogP) is 5.21. The fourth-order valence-corrected chi connectivity index (χ4v) is 3.42. The highest BCUT2D eigenvalue weighted by atomic mass is 35.5. The van der Waals surface area contributed by atoms with E-state index in [-0.39, 0.29) is 5.75 Å². The molecule has 0 aliphatic carbocycles. The van der Waals surface area contributed by atoms with Crippen LogP contribution in [0, 0.1) is 11.3 Å². The van der Waals surface area contributed by atoms with Crippen molar-refractivity contribution in [3.8, 4) is 17.6 Å². The van der Waals surface area contributed by atoms with Gasteiger partial charge in [0.05, 0.1) is 11.6 Å². The van der Waals surface area contributed by atoms with E-state index < -0.39 is 12.3 Å². The van der Waals surface area contributed by atoms with Gasteiger partial charge in [-0.05, 0) is 36.4 Å². The van der Waals surface area contributed by atoms with E-state index in [2.05, 4.69) is 6.07 Å². The molecule has 0 bridgehead atoms. The second kappa shape index (κ2) is 6.62. The van der Waals surface area contributed by atoms with E-state index in [1.165, 1.54) is 0 Å². The summed E-state index contributed by atoms with van der Waals surface area (Å²) in [5.41, 5.74) is 2.11. The first-order valence-electron chi connectivity index (χ1n) is 8.16. The van der Waals surface area contributed by atoms with Crippen molar-refractivity contribution in [1.82, 2.24) is 0 Å². The molecule has 2 unspecified atom stereocenters.